The molecule has 1 amide bonds. The Labute approximate surface area is 82.1 Å². The van der Waals surface area contributed by atoms with Crippen LogP contribution in [-0.4, -0.2) is 26.5 Å². The minimum Gasteiger partial charge on any atom is -0.529 e. The maximum Gasteiger partial charge on any atom is 0.157 e. The van der Waals surface area contributed by atoms with Gasteiger partial charge in [-0.25, -0.2) is 4.68 Å². The van der Waals surface area contributed by atoms with E-state index >= 15 is 0 Å². The van der Waals surface area contributed by atoms with Crippen molar-refractivity contribution in [1.82, 2.24) is 14.9 Å². The largest absolute Gasteiger partial charge is 0.529 e. The van der Waals surface area contributed by atoms with Crippen molar-refractivity contribution in [3.63, 3.8) is 0 Å². The van der Waals surface area contributed by atoms with Crippen molar-refractivity contribution in [3.8, 4) is 0 Å². The molecule has 0 aliphatic rings. The van der Waals surface area contributed by atoms with Crippen molar-refractivity contribution in [1.29, 1.82) is 0 Å². The Morgan fingerprint density at radius 1 is 1.57 bits per heavy atom. The summed E-state index contributed by atoms with van der Waals surface area (Å²) in [6.07, 6.45) is 0.0662. The standard InChI is InChI=1S/C8H14N4O2/c1-6-10-9-5-11(6)12(7(13)14)8(2,3)4/h5H,1-4H3,(H,13,14)/p-1. The molecule has 0 aliphatic heterocycles. The van der Waals surface area contributed by atoms with Gasteiger partial charge in [0.05, 0.1) is 5.54 Å². The van der Waals surface area contributed by atoms with Crippen LogP contribution < -0.4 is 10.1 Å². The van der Waals surface area contributed by atoms with Crippen LogP contribution in [0.1, 0.15) is 26.6 Å². The maximum atomic E-state index is 10.9. The van der Waals surface area contributed by atoms with Gasteiger partial charge in [0.25, 0.3) is 0 Å². The van der Waals surface area contributed by atoms with Crippen LogP contribution >= 0.6 is 0 Å². The van der Waals surface area contributed by atoms with Crippen molar-refractivity contribution < 1.29 is 9.90 Å². The number of aryl methyl sites for hydroxylation is 1. The van der Waals surface area contributed by atoms with Crippen LogP contribution in [-0.2, 0) is 0 Å². The Morgan fingerprint density at radius 3 is 2.43 bits per heavy atom. The molecular formula is C8H13N4O2-. The lowest BCUT2D eigenvalue weighted by molar-refractivity contribution is -0.250. The molecule has 0 atom stereocenters. The summed E-state index contributed by atoms with van der Waals surface area (Å²) in [6.45, 7) is 6.97. The highest BCUT2D eigenvalue weighted by Gasteiger charge is 2.24. The predicted octanol–water partition coefficient (Wildman–Crippen LogP) is -0.334. The van der Waals surface area contributed by atoms with E-state index in [1.165, 1.54) is 11.0 Å². The van der Waals surface area contributed by atoms with Gasteiger partial charge in [-0.3, -0.25) is 5.01 Å². The highest BCUT2D eigenvalue weighted by Crippen LogP contribution is 2.12. The average Bonchev–Trinajstić information content (AvgIpc) is 2.32. The molecule has 0 unspecified atom stereocenters. The number of rotatable bonds is 1. The van der Waals surface area contributed by atoms with Gasteiger partial charge in [0.15, 0.2) is 6.09 Å². The van der Waals surface area contributed by atoms with Crippen molar-refractivity contribution in [3.05, 3.63) is 12.2 Å². The minimum absolute atomic E-state index is 0.504. The molecule has 6 nitrogen and oxygen atoms in total. The van der Waals surface area contributed by atoms with E-state index in [2.05, 4.69) is 10.2 Å². The van der Waals surface area contributed by atoms with E-state index < -0.39 is 11.6 Å². The van der Waals surface area contributed by atoms with Gasteiger partial charge in [-0.1, -0.05) is 0 Å². The zero-order valence-corrected chi connectivity index (χ0v) is 8.68. The van der Waals surface area contributed by atoms with Crippen LogP contribution in [0.2, 0.25) is 0 Å². The van der Waals surface area contributed by atoms with Gasteiger partial charge < -0.3 is 9.90 Å². The number of carbonyl (C=O) groups excluding carboxylic acids is 1. The fraction of sp³-hybridized carbons (Fsp3) is 0.625. The van der Waals surface area contributed by atoms with Gasteiger partial charge in [-0.15, -0.1) is 10.2 Å². The third-order valence-corrected chi connectivity index (χ3v) is 1.72. The van der Waals surface area contributed by atoms with E-state index in [4.69, 9.17) is 0 Å². The monoisotopic (exact) mass is 197 g/mol. The maximum absolute atomic E-state index is 10.9. The summed E-state index contributed by atoms with van der Waals surface area (Å²) < 4.78 is 1.36. The summed E-state index contributed by atoms with van der Waals surface area (Å²) in [6, 6.07) is 0. The molecule has 0 saturated heterocycles. The smallest absolute Gasteiger partial charge is 0.157 e. The third kappa shape index (κ3) is 1.84. The first-order valence-corrected chi connectivity index (χ1v) is 4.22. The van der Waals surface area contributed by atoms with Gasteiger partial charge in [0, 0.05) is 0 Å². The second-order valence-corrected chi connectivity index (χ2v) is 3.97. The molecule has 0 saturated carbocycles. The lowest BCUT2D eigenvalue weighted by atomic mass is 10.1. The topological polar surface area (TPSA) is 74.1 Å². The quantitative estimate of drug-likeness (QED) is 0.617. The van der Waals surface area contributed by atoms with Gasteiger partial charge >= 0.3 is 0 Å². The molecular weight excluding hydrogens is 184 g/mol. The summed E-state index contributed by atoms with van der Waals surface area (Å²) in [5, 5.41) is 19.3. The lowest BCUT2D eigenvalue weighted by Crippen LogP contribution is -2.58. The number of aromatic nitrogens is 3. The Morgan fingerprint density at radius 2 is 2.14 bits per heavy atom. The van der Waals surface area contributed by atoms with E-state index in [0.29, 0.717) is 5.82 Å². The number of hydrogen-bond donors (Lipinski definition) is 0. The predicted molar refractivity (Wildman–Crippen MR) is 48.1 cm³/mol. The average molecular weight is 197 g/mol. The van der Waals surface area contributed by atoms with Crippen LogP contribution in [0.25, 0.3) is 0 Å². The fourth-order valence-corrected chi connectivity index (χ4v) is 1.17. The Kier molecular flexibility index (Phi) is 2.46. The summed E-state index contributed by atoms with van der Waals surface area (Å²) in [5.41, 5.74) is -0.591. The molecule has 0 bridgehead atoms. The summed E-state index contributed by atoms with van der Waals surface area (Å²) in [4.78, 5) is 10.9. The third-order valence-electron chi connectivity index (χ3n) is 1.72. The summed E-state index contributed by atoms with van der Waals surface area (Å²) in [7, 11) is 0. The van der Waals surface area contributed by atoms with Crippen LogP contribution in [0.15, 0.2) is 6.33 Å². The molecule has 0 fully saturated rings. The van der Waals surface area contributed by atoms with E-state index in [1.807, 2.05) is 0 Å². The number of nitrogens with zero attached hydrogens (tertiary/aromatic N) is 4. The highest BCUT2D eigenvalue weighted by molar-refractivity contribution is 5.75. The van der Waals surface area contributed by atoms with Crippen molar-refractivity contribution in [2.24, 2.45) is 0 Å². The molecule has 1 heterocycles. The number of hydrogen-bond acceptors (Lipinski definition) is 4. The lowest BCUT2D eigenvalue weighted by Gasteiger charge is -2.37. The van der Waals surface area contributed by atoms with Gasteiger partial charge in [-0.05, 0) is 27.7 Å². The Hall–Kier alpha value is -1.59. The molecule has 0 spiro atoms. The van der Waals surface area contributed by atoms with Crippen LogP contribution in [0, 0.1) is 6.92 Å². The molecule has 1 aromatic heterocycles. The highest BCUT2D eigenvalue weighted by atomic mass is 16.4. The van der Waals surface area contributed by atoms with Crippen molar-refractivity contribution >= 4 is 6.09 Å². The summed E-state index contributed by atoms with van der Waals surface area (Å²) >= 11 is 0. The molecule has 6 heteroatoms. The fourth-order valence-electron chi connectivity index (χ4n) is 1.17. The second kappa shape index (κ2) is 3.28. The van der Waals surface area contributed by atoms with Gasteiger partial charge in [-0.2, -0.15) is 0 Å². The molecule has 1 rings (SSSR count). The molecule has 0 radical (unpaired) electrons. The Balaban J connectivity index is 3.14. The van der Waals surface area contributed by atoms with E-state index in [0.717, 1.165) is 5.01 Å². The van der Waals surface area contributed by atoms with Gasteiger partial charge in [0.1, 0.15) is 12.2 Å². The normalized spacial score (nSPS) is 11.4. The first-order chi connectivity index (χ1) is 6.34. The summed E-state index contributed by atoms with van der Waals surface area (Å²) in [5.74, 6) is 0.504. The molecule has 0 N–H and O–H groups in total. The zero-order valence-electron chi connectivity index (χ0n) is 8.68. The van der Waals surface area contributed by atoms with Crippen LogP contribution in [0.3, 0.4) is 0 Å². The van der Waals surface area contributed by atoms with Crippen molar-refractivity contribution in [2.75, 3.05) is 5.01 Å². The first-order valence-electron chi connectivity index (χ1n) is 4.22. The molecule has 14 heavy (non-hydrogen) atoms. The number of carboxylic acid groups (broad SMARTS) is 1. The molecule has 0 aliphatic carbocycles. The molecule has 1 aromatic rings. The van der Waals surface area contributed by atoms with E-state index in [1.54, 1.807) is 27.7 Å². The minimum atomic E-state index is -1.28. The van der Waals surface area contributed by atoms with Crippen molar-refractivity contribution in [2.45, 2.75) is 33.2 Å². The molecule has 0 aromatic carbocycles. The van der Waals surface area contributed by atoms with Crippen LogP contribution in [0.4, 0.5) is 4.79 Å². The number of carbonyl (C=O) groups is 1. The Bertz CT molecular complexity index is 339. The first kappa shape index (κ1) is 10.5. The van der Waals surface area contributed by atoms with E-state index in [-0.39, 0.29) is 0 Å². The van der Waals surface area contributed by atoms with E-state index in [9.17, 15) is 9.90 Å². The zero-order chi connectivity index (χ0) is 10.9. The van der Waals surface area contributed by atoms with Crippen LogP contribution in [0.5, 0.6) is 0 Å². The SMILES string of the molecule is Cc1nncn1N(C(=O)[O-])C(C)(C)C. The molecule has 78 valence electrons. The number of amides is 1. The van der Waals surface area contributed by atoms with Gasteiger partial charge in [0.2, 0.25) is 0 Å². The second-order valence-electron chi connectivity index (χ2n) is 3.97.